The van der Waals surface area contributed by atoms with Crippen LogP contribution >= 0.6 is 11.5 Å². The molecule has 1 aromatic heterocycles. The Morgan fingerprint density at radius 1 is 1.56 bits per heavy atom. The Bertz CT molecular complexity index is 319. The predicted molar refractivity (Wildman–Crippen MR) is 64.9 cm³/mol. The molecule has 90 valence electrons. The highest BCUT2D eigenvalue weighted by Gasteiger charge is 2.28. The van der Waals surface area contributed by atoms with Crippen molar-refractivity contribution in [1.82, 2.24) is 14.7 Å². The zero-order chi connectivity index (χ0) is 11.4. The van der Waals surface area contributed by atoms with Crippen LogP contribution in [0.15, 0.2) is 0 Å². The Morgan fingerprint density at radius 2 is 2.38 bits per heavy atom. The van der Waals surface area contributed by atoms with Gasteiger partial charge in [0.05, 0.1) is 6.61 Å². The van der Waals surface area contributed by atoms with E-state index >= 15 is 0 Å². The Hall–Kier alpha value is -0.520. The van der Waals surface area contributed by atoms with Gasteiger partial charge in [-0.25, -0.2) is 4.98 Å². The molecule has 1 aromatic rings. The molecule has 0 amide bonds. The first-order valence-corrected chi connectivity index (χ1v) is 6.65. The molecule has 0 aromatic carbocycles. The molecule has 16 heavy (non-hydrogen) atoms. The van der Waals surface area contributed by atoms with Gasteiger partial charge >= 0.3 is 0 Å². The number of likely N-dealkylation sites (N-methyl/N-ethyl adjacent to an activating group) is 1. The summed E-state index contributed by atoms with van der Waals surface area (Å²) in [6.07, 6.45) is 3.46. The maximum atomic E-state index is 5.19. The fourth-order valence-electron chi connectivity index (χ4n) is 1.75. The molecular weight excluding hydrogens is 222 g/mol. The molecule has 0 saturated heterocycles. The van der Waals surface area contributed by atoms with Crippen molar-refractivity contribution in [2.75, 3.05) is 20.3 Å². The van der Waals surface area contributed by atoms with Crippen LogP contribution in [0.5, 0.6) is 0 Å². The number of aromatic nitrogens is 2. The third-order valence-electron chi connectivity index (χ3n) is 2.71. The largest absolute Gasteiger partial charge is 0.383 e. The summed E-state index contributed by atoms with van der Waals surface area (Å²) >= 11 is 1.54. The molecule has 1 aliphatic rings. The average Bonchev–Trinajstić information content (AvgIpc) is 3.01. The van der Waals surface area contributed by atoms with Crippen LogP contribution in [-0.4, -0.2) is 35.7 Å². The number of hydrogen-bond donors (Lipinski definition) is 1. The highest BCUT2D eigenvalue weighted by molar-refractivity contribution is 7.05. The van der Waals surface area contributed by atoms with Crippen molar-refractivity contribution in [2.45, 2.75) is 38.1 Å². The first kappa shape index (κ1) is 12.0. The maximum Gasteiger partial charge on any atom is 0.145 e. The predicted octanol–water partition coefficient (Wildman–Crippen LogP) is 1.58. The van der Waals surface area contributed by atoms with Gasteiger partial charge in [0, 0.05) is 25.5 Å². The molecule has 1 fully saturated rings. The molecule has 1 N–H and O–H groups in total. The van der Waals surface area contributed by atoms with Crippen LogP contribution in [0.1, 0.15) is 36.5 Å². The summed E-state index contributed by atoms with van der Waals surface area (Å²) < 4.78 is 9.60. The molecule has 4 nitrogen and oxygen atoms in total. The quantitative estimate of drug-likeness (QED) is 0.787. The fourth-order valence-corrected chi connectivity index (χ4v) is 2.55. The number of methoxy groups -OCH3 is 1. The molecular formula is C11H19N3OS. The fraction of sp³-hybridized carbons (Fsp3) is 0.818. The second-order valence-corrected chi connectivity index (χ2v) is 5.07. The summed E-state index contributed by atoms with van der Waals surface area (Å²) in [5, 5.41) is 4.53. The normalized spacial score (nSPS) is 17.6. The lowest BCUT2D eigenvalue weighted by Crippen LogP contribution is -2.34. The van der Waals surface area contributed by atoms with Gasteiger partial charge in [0.15, 0.2) is 0 Å². The minimum atomic E-state index is 0.356. The van der Waals surface area contributed by atoms with Gasteiger partial charge in [0.1, 0.15) is 10.8 Å². The van der Waals surface area contributed by atoms with Gasteiger partial charge < -0.3 is 10.1 Å². The lowest BCUT2D eigenvalue weighted by molar-refractivity contribution is 0.167. The van der Waals surface area contributed by atoms with Crippen molar-refractivity contribution in [3.8, 4) is 0 Å². The molecule has 1 unspecified atom stereocenters. The van der Waals surface area contributed by atoms with E-state index in [0.29, 0.717) is 12.0 Å². The van der Waals surface area contributed by atoms with E-state index in [1.807, 2.05) is 0 Å². The summed E-state index contributed by atoms with van der Waals surface area (Å²) in [5.41, 5.74) is 0. The van der Waals surface area contributed by atoms with Crippen LogP contribution in [0.4, 0.5) is 0 Å². The first-order chi connectivity index (χ1) is 7.83. The minimum Gasteiger partial charge on any atom is -0.383 e. The molecule has 1 saturated carbocycles. The van der Waals surface area contributed by atoms with Gasteiger partial charge in [-0.1, -0.05) is 6.92 Å². The van der Waals surface area contributed by atoms with Gasteiger partial charge in [0.25, 0.3) is 0 Å². The van der Waals surface area contributed by atoms with E-state index in [-0.39, 0.29) is 0 Å². The van der Waals surface area contributed by atoms with Gasteiger partial charge in [-0.3, -0.25) is 0 Å². The molecule has 1 atom stereocenters. The van der Waals surface area contributed by atoms with E-state index in [1.165, 1.54) is 12.8 Å². The van der Waals surface area contributed by atoms with Crippen LogP contribution < -0.4 is 5.32 Å². The van der Waals surface area contributed by atoms with Gasteiger partial charge in [-0.05, 0) is 30.9 Å². The Kier molecular flexibility index (Phi) is 4.26. The third-order valence-corrected chi connectivity index (χ3v) is 3.46. The van der Waals surface area contributed by atoms with Crippen molar-refractivity contribution in [3.63, 3.8) is 0 Å². The van der Waals surface area contributed by atoms with Gasteiger partial charge in [0.2, 0.25) is 0 Å². The zero-order valence-corrected chi connectivity index (χ0v) is 10.7. The zero-order valence-electron chi connectivity index (χ0n) is 9.90. The molecule has 0 aliphatic heterocycles. The van der Waals surface area contributed by atoms with E-state index in [2.05, 4.69) is 21.6 Å². The second-order valence-electron chi connectivity index (χ2n) is 4.23. The maximum absolute atomic E-state index is 5.19. The summed E-state index contributed by atoms with van der Waals surface area (Å²) in [7, 11) is 1.74. The van der Waals surface area contributed by atoms with Crippen molar-refractivity contribution in [1.29, 1.82) is 0 Å². The number of nitrogens with one attached hydrogen (secondary N) is 1. The number of nitrogens with zero attached hydrogens (tertiary/aromatic N) is 2. The van der Waals surface area contributed by atoms with Crippen molar-refractivity contribution in [3.05, 3.63) is 10.8 Å². The monoisotopic (exact) mass is 241 g/mol. The van der Waals surface area contributed by atoms with E-state index in [0.717, 1.165) is 30.4 Å². The van der Waals surface area contributed by atoms with Crippen molar-refractivity contribution in [2.24, 2.45) is 0 Å². The summed E-state index contributed by atoms with van der Waals surface area (Å²) in [4.78, 5) is 4.59. The number of ether oxygens (including phenoxy) is 1. The average molecular weight is 241 g/mol. The van der Waals surface area contributed by atoms with Crippen molar-refractivity contribution >= 4 is 11.5 Å². The van der Waals surface area contributed by atoms with E-state index in [4.69, 9.17) is 4.74 Å². The van der Waals surface area contributed by atoms with Crippen LogP contribution in [0.2, 0.25) is 0 Å². The van der Waals surface area contributed by atoms with E-state index in [1.54, 1.807) is 18.6 Å². The van der Waals surface area contributed by atoms with E-state index < -0.39 is 0 Å². The summed E-state index contributed by atoms with van der Waals surface area (Å²) in [6, 6.07) is 0.356. The standard InChI is InChI=1S/C11H19N3OS/c1-3-12-9(7-15-2)6-10-13-11(14-16-10)8-4-5-8/h8-9,12H,3-7H2,1-2H3. The number of rotatable bonds is 7. The molecule has 0 radical (unpaired) electrons. The molecule has 0 bridgehead atoms. The highest BCUT2D eigenvalue weighted by Crippen LogP contribution is 2.38. The highest BCUT2D eigenvalue weighted by atomic mass is 32.1. The Morgan fingerprint density at radius 3 is 3.00 bits per heavy atom. The van der Waals surface area contributed by atoms with Crippen LogP contribution in [-0.2, 0) is 11.2 Å². The minimum absolute atomic E-state index is 0.356. The molecule has 1 aliphatic carbocycles. The molecule has 5 heteroatoms. The van der Waals surface area contributed by atoms with Gasteiger partial charge in [-0.2, -0.15) is 4.37 Å². The van der Waals surface area contributed by atoms with Crippen molar-refractivity contribution < 1.29 is 4.74 Å². The SMILES string of the molecule is CCNC(COC)Cc1nc(C2CC2)ns1. The number of hydrogen-bond acceptors (Lipinski definition) is 5. The molecule has 0 spiro atoms. The van der Waals surface area contributed by atoms with Crippen LogP contribution in [0.25, 0.3) is 0 Å². The van der Waals surface area contributed by atoms with Crippen LogP contribution in [0.3, 0.4) is 0 Å². The van der Waals surface area contributed by atoms with Gasteiger partial charge in [-0.15, -0.1) is 0 Å². The third kappa shape index (κ3) is 3.23. The Balaban J connectivity index is 1.89. The summed E-state index contributed by atoms with van der Waals surface area (Å²) in [5.74, 6) is 1.72. The van der Waals surface area contributed by atoms with Crippen LogP contribution in [0, 0.1) is 0 Å². The summed E-state index contributed by atoms with van der Waals surface area (Å²) in [6.45, 7) is 3.80. The topological polar surface area (TPSA) is 47.0 Å². The smallest absolute Gasteiger partial charge is 0.145 e. The lowest BCUT2D eigenvalue weighted by atomic mass is 10.2. The lowest BCUT2D eigenvalue weighted by Gasteiger charge is -2.14. The first-order valence-electron chi connectivity index (χ1n) is 5.88. The molecule has 2 rings (SSSR count). The Labute approximate surface area is 101 Å². The van der Waals surface area contributed by atoms with E-state index in [9.17, 15) is 0 Å². The molecule has 1 heterocycles. The second kappa shape index (κ2) is 5.70.